The maximum absolute atomic E-state index is 13.7. The van der Waals surface area contributed by atoms with E-state index in [0.717, 1.165) is 22.3 Å². The Hall–Kier alpha value is -3.00. The number of hydrogen-bond acceptors (Lipinski definition) is 5. The van der Waals surface area contributed by atoms with Crippen LogP contribution < -0.4 is 10.6 Å². The Morgan fingerprint density at radius 3 is 2.19 bits per heavy atom. The predicted molar refractivity (Wildman–Crippen MR) is 146 cm³/mol. The molecule has 7 nitrogen and oxygen atoms in total. The second kappa shape index (κ2) is 13.3. The number of benzene rings is 2. The van der Waals surface area contributed by atoms with E-state index in [2.05, 4.69) is 10.6 Å². The van der Waals surface area contributed by atoms with Crippen LogP contribution in [0.1, 0.15) is 55.5 Å². The van der Waals surface area contributed by atoms with Gasteiger partial charge in [0.05, 0.1) is 0 Å². The van der Waals surface area contributed by atoms with E-state index in [1.54, 1.807) is 39.6 Å². The minimum absolute atomic E-state index is 0.291. The SMILES string of the molecule is CSCCC(NC(=O)OC(C)(C)C)C(=O)N(C)C(C(=O)NCc1ccccc1)c1cc(C)cc(C)c1. The van der Waals surface area contributed by atoms with Crippen molar-refractivity contribution >= 4 is 29.7 Å². The third-order valence-electron chi connectivity index (χ3n) is 5.45. The molecule has 0 heterocycles. The lowest BCUT2D eigenvalue weighted by Crippen LogP contribution is -2.51. The highest BCUT2D eigenvalue weighted by Crippen LogP contribution is 2.24. The van der Waals surface area contributed by atoms with Crippen LogP contribution in [0.25, 0.3) is 0 Å². The van der Waals surface area contributed by atoms with Gasteiger partial charge >= 0.3 is 6.09 Å². The second-order valence-corrected chi connectivity index (χ2v) is 10.9. The molecule has 2 aromatic rings. The van der Waals surface area contributed by atoms with E-state index >= 15 is 0 Å². The molecule has 0 fully saturated rings. The maximum Gasteiger partial charge on any atom is 0.408 e. The Bertz CT molecular complexity index is 1020. The third kappa shape index (κ3) is 9.22. The number of aryl methyl sites for hydroxylation is 2. The Labute approximate surface area is 219 Å². The Balaban J connectivity index is 2.34. The number of carbonyl (C=O) groups is 3. The van der Waals surface area contributed by atoms with Crippen molar-refractivity contribution in [3.05, 3.63) is 70.8 Å². The van der Waals surface area contributed by atoms with Crippen LogP contribution in [-0.4, -0.2) is 53.5 Å². The summed E-state index contributed by atoms with van der Waals surface area (Å²) in [6, 6.07) is 13.8. The number of likely N-dealkylation sites (N-methyl/N-ethyl adjacent to an activating group) is 1. The maximum atomic E-state index is 13.7. The molecule has 196 valence electrons. The van der Waals surface area contributed by atoms with Crippen molar-refractivity contribution in [2.24, 2.45) is 0 Å². The van der Waals surface area contributed by atoms with Crippen LogP contribution >= 0.6 is 11.8 Å². The summed E-state index contributed by atoms with van der Waals surface area (Å²) in [6.45, 7) is 9.57. The summed E-state index contributed by atoms with van der Waals surface area (Å²) in [5.74, 6) is 0.0172. The van der Waals surface area contributed by atoms with Gasteiger partial charge in [-0.15, -0.1) is 0 Å². The van der Waals surface area contributed by atoms with Crippen molar-refractivity contribution in [1.82, 2.24) is 15.5 Å². The topological polar surface area (TPSA) is 87.7 Å². The van der Waals surface area contributed by atoms with Gasteiger partial charge in [-0.2, -0.15) is 11.8 Å². The number of hydrogen-bond donors (Lipinski definition) is 2. The van der Waals surface area contributed by atoms with Gasteiger partial charge < -0.3 is 20.3 Å². The smallest absolute Gasteiger partial charge is 0.408 e. The zero-order valence-corrected chi connectivity index (χ0v) is 23.2. The zero-order chi connectivity index (χ0) is 26.9. The molecular weight excluding hydrogens is 474 g/mol. The molecule has 0 radical (unpaired) electrons. The number of rotatable bonds is 10. The van der Waals surface area contributed by atoms with E-state index in [4.69, 9.17) is 4.74 Å². The van der Waals surface area contributed by atoms with Gasteiger partial charge in [0, 0.05) is 13.6 Å². The number of nitrogens with one attached hydrogen (secondary N) is 2. The van der Waals surface area contributed by atoms with Gasteiger partial charge in [0.2, 0.25) is 11.8 Å². The van der Waals surface area contributed by atoms with Crippen molar-refractivity contribution in [3.8, 4) is 0 Å². The first-order valence-corrected chi connectivity index (χ1v) is 13.5. The van der Waals surface area contributed by atoms with Crippen molar-refractivity contribution in [1.29, 1.82) is 0 Å². The van der Waals surface area contributed by atoms with Crippen LogP contribution in [0, 0.1) is 13.8 Å². The van der Waals surface area contributed by atoms with Gasteiger partial charge in [0.15, 0.2) is 0 Å². The average molecular weight is 514 g/mol. The van der Waals surface area contributed by atoms with Crippen molar-refractivity contribution in [3.63, 3.8) is 0 Å². The summed E-state index contributed by atoms with van der Waals surface area (Å²) in [6.07, 6.45) is 1.69. The van der Waals surface area contributed by atoms with E-state index in [1.807, 2.05) is 68.6 Å². The normalized spacial score (nSPS) is 12.9. The van der Waals surface area contributed by atoms with Gasteiger partial charge in [0.25, 0.3) is 0 Å². The molecule has 3 amide bonds. The molecule has 0 aliphatic carbocycles. The fraction of sp³-hybridized carbons (Fsp3) is 0.464. The Morgan fingerprint density at radius 1 is 1.03 bits per heavy atom. The number of amides is 3. The molecule has 36 heavy (non-hydrogen) atoms. The molecule has 0 saturated carbocycles. The molecule has 0 aliphatic heterocycles. The largest absolute Gasteiger partial charge is 0.444 e. The van der Waals surface area contributed by atoms with E-state index in [-0.39, 0.29) is 11.8 Å². The molecule has 2 aromatic carbocycles. The molecule has 0 bridgehead atoms. The van der Waals surface area contributed by atoms with Gasteiger partial charge in [-0.3, -0.25) is 9.59 Å². The highest BCUT2D eigenvalue weighted by Gasteiger charge is 2.34. The molecule has 2 rings (SSSR count). The molecule has 2 N–H and O–H groups in total. The number of carbonyl (C=O) groups excluding carboxylic acids is 3. The van der Waals surface area contributed by atoms with Gasteiger partial charge in [-0.05, 0) is 64.2 Å². The molecule has 2 unspecified atom stereocenters. The molecule has 0 spiro atoms. The van der Waals surface area contributed by atoms with E-state index in [9.17, 15) is 14.4 Å². The fourth-order valence-corrected chi connectivity index (χ4v) is 4.39. The van der Waals surface area contributed by atoms with E-state index in [1.165, 1.54) is 4.90 Å². The summed E-state index contributed by atoms with van der Waals surface area (Å²) < 4.78 is 5.38. The minimum atomic E-state index is -0.864. The Kier molecular flexibility index (Phi) is 10.8. The van der Waals surface area contributed by atoms with Crippen LogP contribution in [0.3, 0.4) is 0 Å². The third-order valence-corrected chi connectivity index (χ3v) is 6.10. The summed E-state index contributed by atoms with van der Waals surface area (Å²) in [5.41, 5.74) is 2.98. The first kappa shape index (κ1) is 29.2. The van der Waals surface area contributed by atoms with Crippen molar-refractivity contribution in [2.75, 3.05) is 19.1 Å². The lowest BCUT2D eigenvalue weighted by atomic mass is 9.98. The Morgan fingerprint density at radius 2 is 1.64 bits per heavy atom. The van der Waals surface area contributed by atoms with Gasteiger partial charge in [0.1, 0.15) is 17.7 Å². The van der Waals surface area contributed by atoms with Crippen LogP contribution in [0.15, 0.2) is 48.5 Å². The molecule has 0 aromatic heterocycles. The lowest BCUT2D eigenvalue weighted by molar-refractivity contribution is -0.140. The predicted octanol–water partition coefficient (Wildman–Crippen LogP) is 4.77. The summed E-state index contributed by atoms with van der Waals surface area (Å²) >= 11 is 1.58. The molecule has 0 aliphatic rings. The highest BCUT2D eigenvalue weighted by atomic mass is 32.2. The molecule has 0 saturated heterocycles. The highest BCUT2D eigenvalue weighted by molar-refractivity contribution is 7.98. The molecular formula is C28H39N3O4S. The van der Waals surface area contributed by atoms with Gasteiger partial charge in [-0.25, -0.2) is 4.79 Å². The lowest BCUT2D eigenvalue weighted by Gasteiger charge is -2.32. The second-order valence-electron chi connectivity index (χ2n) is 9.96. The average Bonchev–Trinajstić information content (AvgIpc) is 2.79. The molecule has 8 heteroatoms. The minimum Gasteiger partial charge on any atom is -0.444 e. The van der Waals surface area contributed by atoms with Crippen molar-refractivity contribution in [2.45, 2.75) is 65.3 Å². The van der Waals surface area contributed by atoms with Gasteiger partial charge in [-0.1, -0.05) is 59.7 Å². The number of alkyl carbamates (subject to hydrolysis) is 1. The fourth-order valence-electron chi connectivity index (χ4n) is 3.92. The quantitative estimate of drug-likeness (QED) is 0.478. The van der Waals surface area contributed by atoms with Crippen LogP contribution in [0.2, 0.25) is 0 Å². The van der Waals surface area contributed by atoms with Crippen LogP contribution in [-0.2, 0) is 20.9 Å². The van der Waals surface area contributed by atoms with Crippen LogP contribution in [0.4, 0.5) is 4.79 Å². The van der Waals surface area contributed by atoms with E-state index < -0.39 is 23.8 Å². The summed E-state index contributed by atoms with van der Waals surface area (Å²) in [4.78, 5) is 41.1. The summed E-state index contributed by atoms with van der Waals surface area (Å²) in [7, 11) is 1.61. The first-order chi connectivity index (χ1) is 16.9. The number of nitrogens with zero attached hydrogens (tertiary/aromatic N) is 1. The van der Waals surface area contributed by atoms with E-state index in [0.29, 0.717) is 18.7 Å². The number of thioether (sulfide) groups is 1. The standard InChI is InChI=1S/C28H39N3O4S/c1-19-15-20(2)17-22(16-19)24(25(32)29-18-21-11-9-8-10-12-21)31(6)26(33)23(13-14-36-7)30-27(34)35-28(3,4)5/h8-12,15-17,23-24H,13-14,18H2,1-7H3,(H,29,32)(H,30,34). The zero-order valence-electron chi connectivity index (χ0n) is 22.4. The monoisotopic (exact) mass is 513 g/mol. The summed E-state index contributed by atoms with van der Waals surface area (Å²) in [5, 5.41) is 5.69. The number of ether oxygens (including phenoxy) is 1. The molecule has 2 atom stereocenters. The first-order valence-electron chi connectivity index (χ1n) is 12.1. The van der Waals surface area contributed by atoms with Crippen molar-refractivity contribution < 1.29 is 19.1 Å². The van der Waals surface area contributed by atoms with Crippen LogP contribution in [0.5, 0.6) is 0 Å².